The van der Waals surface area contributed by atoms with E-state index >= 15 is 0 Å². The quantitative estimate of drug-likeness (QED) is 0.0441. The van der Waals surface area contributed by atoms with Crippen molar-refractivity contribution in [1.29, 1.82) is 0 Å². The summed E-state index contributed by atoms with van der Waals surface area (Å²) in [5, 5.41) is 0. The zero-order chi connectivity index (χ0) is 55.3. The zero-order valence-corrected chi connectivity index (χ0v) is 62.9. The number of hydrogen-bond donors (Lipinski definition) is 0. The topological polar surface area (TPSA) is 73.8 Å². The van der Waals surface area contributed by atoms with Crippen LogP contribution in [0.25, 0.3) is 0 Å². The van der Waals surface area contributed by atoms with Crippen LogP contribution in [-0.4, -0.2) is 84.6 Å². The monoisotopic (exact) mass is 1190 g/mol. The Balaban J connectivity index is 6.34. The third kappa shape index (κ3) is 36.9. The van der Waals surface area contributed by atoms with E-state index in [1.807, 2.05) is 0 Å². The highest BCUT2D eigenvalue weighted by Crippen LogP contribution is 2.38. The molecule has 0 aromatic heterocycles. The first-order chi connectivity index (χ1) is 33.2. The first-order valence-corrected chi connectivity index (χ1v) is 59.0. The summed E-state index contributed by atoms with van der Waals surface area (Å²) in [7, 11) is -24.4. The van der Waals surface area contributed by atoms with Crippen molar-refractivity contribution < 1.29 is 32.9 Å². The lowest BCUT2D eigenvalue weighted by Gasteiger charge is -2.46. The van der Waals surface area contributed by atoms with Crippen LogP contribution in [0.5, 0.6) is 0 Å². The van der Waals surface area contributed by atoms with Crippen molar-refractivity contribution in [2.24, 2.45) is 0 Å². The van der Waals surface area contributed by atoms with Gasteiger partial charge in [-0.1, -0.05) is 196 Å². The molecule has 0 radical (unpaired) electrons. The van der Waals surface area contributed by atoms with Crippen molar-refractivity contribution in [3.63, 3.8) is 0 Å². The van der Waals surface area contributed by atoms with Gasteiger partial charge in [-0.05, 0) is 153 Å². The zero-order valence-electron chi connectivity index (χ0n) is 52.9. The molecule has 0 aliphatic heterocycles. The van der Waals surface area contributed by atoms with Crippen LogP contribution in [0.15, 0.2) is 0 Å². The van der Waals surface area contributed by atoms with Crippen LogP contribution in [-0.2, 0) is 32.9 Å². The van der Waals surface area contributed by atoms with Gasteiger partial charge in [0, 0.05) is 0 Å². The van der Waals surface area contributed by atoms with Gasteiger partial charge in [-0.2, -0.15) is 0 Å². The molecule has 434 valence electrons. The minimum Gasteiger partial charge on any atom is -0.396 e. The van der Waals surface area contributed by atoms with Gasteiger partial charge in [0.2, 0.25) is 0 Å². The molecule has 0 aromatic carbocycles. The van der Waals surface area contributed by atoms with Gasteiger partial charge in [0.05, 0.1) is 0 Å². The second kappa shape index (κ2) is 36.3. The van der Waals surface area contributed by atoms with Gasteiger partial charge in [0.25, 0.3) is 0 Å². The Hall–Kier alpha value is 1.85. The standard InChI is InChI=1S/C54H130O8Si10/c1-23-29-39-47-63(7,8)55-71(56-64(9,10)48-40-30-24-2,57-65(11,12)49-41-31-25-3)61-69(19,20)53-45-37-35-36-38-46-54-70(21,22)62-72(58-66(13,14)50-42-32-26-4,59-67(15,16)51-43-33-27-5)60-68(17,18)52-44-34-28-6/h23-54H2,1-22H3. The fourth-order valence-electron chi connectivity index (χ4n) is 9.98. The van der Waals surface area contributed by atoms with Crippen molar-refractivity contribution in [2.45, 2.75) is 349 Å². The Morgan fingerprint density at radius 3 is 0.403 bits per heavy atom. The molecule has 72 heavy (non-hydrogen) atoms. The van der Waals surface area contributed by atoms with Crippen molar-refractivity contribution in [3.8, 4) is 0 Å². The SMILES string of the molecule is CCCCC[Si](C)(C)O[Si](O[Si](C)(C)CCCCC)(O[Si](C)(C)CCCCC)O[Si](C)(C)CCCCCCCC[Si](C)(C)O[Si](O[Si](C)(C)CCCCC)(O[Si](C)(C)CCCCC)O[Si](C)(C)CCCCC. The molecule has 0 aromatic rings. The highest BCUT2D eigenvalue weighted by Gasteiger charge is 2.59. The average Bonchev–Trinajstić information content (AvgIpc) is 3.20. The Bertz CT molecular complexity index is 1150. The van der Waals surface area contributed by atoms with Crippen LogP contribution in [0.3, 0.4) is 0 Å². The van der Waals surface area contributed by atoms with Crippen molar-refractivity contribution >= 4 is 84.6 Å². The summed E-state index contributed by atoms with van der Waals surface area (Å²) >= 11 is 0. The van der Waals surface area contributed by atoms with Crippen molar-refractivity contribution in [1.82, 2.24) is 0 Å². The lowest BCUT2D eigenvalue weighted by Crippen LogP contribution is -2.66. The Kier molecular flexibility index (Phi) is 37.2. The molecule has 0 atom stereocenters. The van der Waals surface area contributed by atoms with E-state index in [-0.39, 0.29) is 0 Å². The maximum atomic E-state index is 7.62. The maximum absolute atomic E-state index is 7.62. The first kappa shape index (κ1) is 73.8. The van der Waals surface area contributed by atoms with Gasteiger partial charge in [-0.25, -0.2) is 0 Å². The van der Waals surface area contributed by atoms with Gasteiger partial charge in [0.15, 0.2) is 66.5 Å². The van der Waals surface area contributed by atoms with Crippen LogP contribution >= 0.6 is 0 Å². The normalized spacial score (nSPS) is 14.2. The minimum absolute atomic E-state index is 1.11. The second-order valence-corrected chi connectivity index (χ2v) is 67.9. The summed E-state index contributed by atoms with van der Waals surface area (Å²) < 4.78 is 60.5. The lowest BCUT2D eigenvalue weighted by molar-refractivity contribution is 0.142. The van der Waals surface area contributed by atoms with Crippen LogP contribution in [0.2, 0.25) is 153 Å². The molecule has 0 rings (SSSR count). The number of rotatable bonds is 49. The molecule has 0 heterocycles. The van der Waals surface area contributed by atoms with Crippen molar-refractivity contribution in [3.05, 3.63) is 0 Å². The molecule has 8 nitrogen and oxygen atoms in total. The maximum Gasteiger partial charge on any atom is 0.636 e. The summed E-state index contributed by atoms with van der Waals surface area (Å²) in [5.74, 6) is 0. The molecule has 0 fully saturated rings. The highest BCUT2D eigenvalue weighted by atomic mass is 28.6. The molecule has 0 amide bonds. The molecular weight excluding hydrogens is 1060 g/mol. The van der Waals surface area contributed by atoms with Crippen LogP contribution < -0.4 is 0 Å². The molecule has 0 saturated carbocycles. The molecule has 0 N–H and O–H groups in total. The van der Waals surface area contributed by atoms with E-state index in [1.54, 1.807) is 0 Å². The summed E-state index contributed by atoms with van der Waals surface area (Å²) in [6.07, 6.45) is 29.4. The highest BCUT2D eigenvalue weighted by molar-refractivity contribution is 6.93. The van der Waals surface area contributed by atoms with E-state index in [9.17, 15) is 0 Å². The Labute approximate surface area is 463 Å². The molecule has 0 aliphatic carbocycles. The Morgan fingerprint density at radius 2 is 0.278 bits per heavy atom. The van der Waals surface area contributed by atoms with Gasteiger partial charge in [0.1, 0.15) is 0 Å². The second-order valence-electron chi connectivity index (χ2n) is 27.3. The fourth-order valence-corrected chi connectivity index (χ4v) is 50.2. The molecule has 0 saturated heterocycles. The molecule has 0 aliphatic rings. The largest absolute Gasteiger partial charge is 0.636 e. The molecule has 0 unspecified atom stereocenters. The van der Waals surface area contributed by atoms with E-state index in [0.29, 0.717) is 0 Å². The third-order valence-electron chi connectivity index (χ3n) is 14.3. The fraction of sp³-hybridized carbons (Fsp3) is 1.00. The van der Waals surface area contributed by atoms with Crippen LogP contribution in [0, 0.1) is 0 Å². The van der Waals surface area contributed by atoms with Gasteiger partial charge in [-0.3, -0.25) is 0 Å². The summed E-state index contributed by atoms with van der Waals surface area (Å²) in [5.41, 5.74) is 0. The molecular formula is C54H130O8Si10. The van der Waals surface area contributed by atoms with E-state index in [0.717, 1.165) is 48.4 Å². The number of hydrogen-bond acceptors (Lipinski definition) is 8. The number of unbranched alkanes of at least 4 members (excludes halogenated alkanes) is 17. The third-order valence-corrected chi connectivity index (χ3v) is 52.5. The van der Waals surface area contributed by atoms with E-state index < -0.39 is 84.6 Å². The predicted molar refractivity (Wildman–Crippen MR) is 343 cm³/mol. The van der Waals surface area contributed by atoms with Gasteiger partial charge in [-0.15, -0.1) is 0 Å². The van der Waals surface area contributed by atoms with Gasteiger partial charge < -0.3 is 32.9 Å². The van der Waals surface area contributed by atoms with E-state index in [1.165, 1.54) is 154 Å². The van der Waals surface area contributed by atoms with E-state index in [4.69, 9.17) is 32.9 Å². The van der Waals surface area contributed by atoms with Crippen LogP contribution in [0.1, 0.15) is 196 Å². The van der Waals surface area contributed by atoms with Crippen LogP contribution in [0.4, 0.5) is 0 Å². The van der Waals surface area contributed by atoms with Gasteiger partial charge >= 0.3 is 18.1 Å². The van der Waals surface area contributed by atoms with Crippen molar-refractivity contribution in [2.75, 3.05) is 0 Å². The smallest absolute Gasteiger partial charge is 0.396 e. The average molecular weight is 1190 g/mol. The molecule has 0 spiro atoms. The summed E-state index contributed by atoms with van der Waals surface area (Å²) in [4.78, 5) is 0. The molecule has 18 heteroatoms. The molecule has 0 bridgehead atoms. The Morgan fingerprint density at radius 1 is 0.167 bits per heavy atom. The lowest BCUT2D eigenvalue weighted by atomic mass is 10.1. The summed E-state index contributed by atoms with van der Waals surface area (Å²) in [6.45, 7) is 52.4. The predicted octanol–water partition coefficient (Wildman–Crippen LogP) is 21.1. The minimum atomic E-state index is -3.48. The summed E-state index contributed by atoms with van der Waals surface area (Å²) in [6, 6.07) is 9.00. The van der Waals surface area contributed by atoms with E-state index in [2.05, 4.69) is 146 Å². The first-order valence-electron chi connectivity index (χ1n) is 30.8.